The summed E-state index contributed by atoms with van der Waals surface area (Å²) in [7, 11) is 0. The molecule has 3 nitrogen and oxygen atoms in total. The molecule has 100 valence electrons. The van der Waals surface area contributed by atoms with Gasteiger partial charge in [0.15, 0.2) is 0 Å². The second kappa shape index (κ2) is 6.81. The Hall–Kier alpha value is 0. The largest absolute Gasteiger partial charge is 0.444 e. The molecule has 1 atom stereocenters. The van der Waals surface area contributed by atoms with Gasteiger partial charge in [-0.3, -0.25) is 0 Å². The van der Waals surface area contributed by atoms with Gasteiger partial charge in [0, 0.05) is 12.6 Å². The van der Waals surface area contributed by atoms with E-state index in [1.807, 2.05) is 25.7 Å². The van der Waals surface area contributed by atoms with Crippen molar-refractivity contribution in [1.82, 2.24) is 4.90 Å². The molecule has 1 heterocycles. The zero-order chi connectivity index (χ0) is 12.9. The van der Waals surface area contributed by atoms with E-state index in [1.54, 1.807) is 0 Å². The zero-order valence-corrected chi connectivity index (χ0v) is 13.3. The normalized spacial score (nSPS) is 21.4. The molecule has 0 aliphatic carbocycles. The number of likely N-dealkylation sites (tertiary alicyclic amines) is 1. The van der Waals surface area contributed by atoms with Gasteiger partial charge in [-0.2, -0.15) is 0 Å². The lowest BCUT2D eigenvalue weighted by molar-refractivity contribution is 0.00886. The van der Waals surface area contributed by atoms with Crippen molar-refractivity contribution in [3.63, 3.8) is 0 Å². The van der Waals surface area contributed by atoms with Crippen LogP contribution in [0.1, 0.15) is 52.9 Å². The van der Waals surface area contributed by atoms with Crippen LogP contribution >= 0.6 is 22.6 Å². The SMILES string of the molecule is CC(C)(C)OC(=O)N1CCCC[C@H]1CCCI. The summed E-state index contributed by atoms with van der Waals surface area (Å²) in [6.07, 6.45) is 5.66. The first-order chi connectivity index (χ1) is 7.94. The Kier molecular flexibility index (Phi) is 6.03. The van der Waals surface area contributed by atoms with Gasteiger partial charge in [-0.25, -0.2) is 4.79 Å². The van der Waals surface area contributed by atoms with Gasteiger partial charge in [0.2, 0.25) is 0 Å². The van der Waals surface area contributed by atoms with Crippen LogP contribution in [0.25, 0.3) is 0 Å². The van der Waals surface area contributed by atoms with Crippen LogP contribution in [0, 0.1) is 0 Å². The van der Waals surface area contributed by atoms with Crippen molar-refractivity contribution < 1.29 is 9.53 Å². The van der Waals surface area contributed by atoms with Crippen molar-refractivity contribution in [3.8, 4) is 0 Å². The Morgan fingerprint density at radius 3 is 2.71 bits per heavy atom. The van der Waals surface area contributed by atoms with Crippen LogP contribution in [0.5, 0.6) is 0 Å². The second-order valence-corrected chi connectivity index (χ2v) is 6.73. The molecule has 0 aromatic heterocycles. The van der Waals surface area contributed by atoms with Crippen LogP contribution in [0.15, 0.2) is 0 Å². The molecule has 1 saturated heterocycles. The predicted molar refractivity (Wildman–Crippen MR) is 78.7 cm³/mol. The maximum absolute atomic E-state index is 12.1. The van der Waals surface area contributed by atoms with Gasteiger partial charge in [-0.15, -0.1) is 0 Å². The first-order valence-corrected chi connectivity index (χ1v) is 8.02. The van der Waals surface area contributed by atoms with Gasteiger partial charge in [-0.05, 0) is 57.3 Å². The molecule has 1 aliphatic heterocycles. The third-order valence-electron chi connectivity index (χ3n) is 2.93. The summed E-state index contributed by atoms with van der Waals surface area (Å²) >= 11 is 2.40. The monoisotopic (exact) mass is 353 g/mol. The van der Waals surface area contributed by atoms with E-state index in [0.717, 1.165) is 30.2 Å². The van der Waals surface area contributed by atoms with Crippen molar-refractivity contribution in [1.29, 1.82) is 0 Å². The molecule has 0 aromatic rings. The number of hydrogen-bond donors (Lipinski definition) is 0. The molecular weight excluding hydrogens is 329 g/mol. The molecule has 0 N–H and O–H groups in total. The number of carbonyl (C=O) groups is 1. The van der Waals surface area contributed by atoms with Crippen LogP contribution in [0.2, 0.25) is 0 Å². The molecule has 0 saturated carbocycles. The van der Waals surface area contributed by atoms with Gasteiger partial charge in [0.1, 0.15) is 5.60 Å². The van der Waals surface area contributed by atoms with E-state index in [9.17, 15) is 4.79 Å². The minimum Gasteiger partial charge on any atom is -0.444 e. The highest BCUT2D eigenvalue weighted by Crippen LogP contribution is 2.23. The van der Waals surface area contributed by atoms with Gasteiger partial charge in [0.05, 0.1) is 0 Å². The molecule has 1 aliphatic rings. The molecule has 0 spiro atoms. The van der Waals surface area contributed by atoms with Gasteiger partial charge < -0.3 is 9.64 Å². The van der Waals surface area contributed by atoms with Gasteiger partial charge >= 0.3 is 6.09 Å². The standard InChI is InChI=1S/C13H24INO2/c1-13(2,3)17-12(16)15-10-5-4-7-11(15)8-6-9-14/h11H,4-10H2,1-3H3/t11-/m0/s1. The topological polar surface area (TPSA) is 29.5 Å². The third kappa shape index (κ3) is 5.44. The number of ether oxygens (including phenoxy) is 1. The Balaban J connectivity index is 2.54. The molecule has 0 aromatic carbocycles. The van der Waals surface area contributed by atoms with Crippen molar-refractivity contribution in [2.45, 2.75) is 64.5 Å². The zero-order valence-electron chi connectivity index (χ0n) is 11.2. The fourth-order valence-electron chi connectivity index (χ4n) is 2.17. The Bertz CT molecular complexity index is 250. The summed E-state index contributed by atoms with van der Waals surface area (Å²) in [6, 6.07) is 0.397. The molecule has 0 bridgehead atoms. The summed E-state index contributed by atoms with van der Waals surface area (Å²) in [4.78, 5) is 14.0. The quantitative estimate of drug-likeness (QED) is 0.567. The fraction of sp³-hybridized carbons (Fsp3) is 0.923. The first kappa shape index (κ1) is 15.1. The Morgan fingerprint density at radius 2 is 2.12 bits per heavy atom. The molecule has 1 amide bonds. The van der Waals surface area contributed by atoms with Crippen molar-refractivity contribution in [3.05, 3.63) is 0 Å². The number of amides is 1. The van der Waals surface area contributed by atoms with E-state index >= 15 is 0 Å². The summed E-state index contributed by atoms with van der Waals surface area (Å²) in [5.41, 5.74) is -0.387. The van der Waals surface area contributed by atoms with E-state index in [0.29, 0.717) is 6.04 Å². The molecule has 0 radical (unpaired) electrons. The summed E-state index contributed by atoms with van der Waals surface area (Å²) in [6.45, 7) is 6.64. The van der Waals surface area contributed by atoms with Crippen molar-refractivity contribution in [2.75, 3.05) is 11.0 Å². The lowest BCUT2D eigenvalue weighted by Gasteiger charge is -2.36. The van der Waals surface area contributed by atoms with Crippen LogP contribution in [-0.4, -0.2) is 33.6 Å². The molecule has 4 heteroatoms. The van der Waals surface area contributed by atoms with Crippen LogP contribution < -0.4 is 0 Å². The maximum atomic E-state index is 12.1. The van der Waals surface area contributed by atoms with Crippen LogP contribution in [-0.2, 0) is 4.74 Å². The lowest BCUT2D eigenvalue weighted by atomic mass is 9.99. The Morgan fingerprint density at radius 1 is 1.41 bits per heavy atom. The minimum absolute atomic E-state index is 0.129. The van der Waals surface area contributed by atoms with Crippen LogP contribution in [0.4, 0.5) is 4.79 Å². The number of hydrogen-bond acceptors (Lipinski definition) is 2. The van der Waals surface area contributed by atoms with Gasteiger partial charge in [-0.1, -0.05) is 22.6 Å². The van der Waals surface area contributed by atoms with Crippen LogP contribution in [0.3, 0.4) is 0 Å². The highest BCUT2D eigenvalue weighted by Gasteiger charge is 2.29. The number of nitrogens with zero attached hydrogens (tertiary/aromatic N) is 1. The summed E-state index contributed by atoms with van der Waals surface area (Å²) in [5.74, 6) is 0. The lowest BCUT2D eigenvalue weighted by Crippen LogP contribution is -2.46. The number of rotatable bonds is 3. The first-order valence-electron chi connectivity index (χ1n) is 6.49. The van der Waals surface area contributed by atoms with E-state index in [-0.39, 0.29) is 11.7 Å². The average molecular weight is 353 g/mol. The molecule has 17 heavy (non-hydrogen) atoms. The number of carbonyl (C=O) groups excluding carboxylic acids is 1. The Labute approximate surface area is 118 Å². The van der Waals surface area contributed by atoms with Crippen molar-refractivity contribution in [2.24, 2.45) is 0 Å². The molecule has 1 fully saturated rings. The minimum atomic E-state index is -0.387. The highest BCUT2D eigenvalue weighted by atomic mass is 127. The van der Waals surface area contributed by atoms with Crippen molar-refractivity contribution >= 4 is 28.7 Å². The second-order valence-electron chi connectivity index (χ2n) is 5.65. The molecule has 0 unspecified atom stereocenters. The van der Waals surface area contributed by atoms with E-state index < -0.39 is 0 Å². The summed E-state index contributed by atoms with van der Waals surface area (Å²) in [5, 5.41) is 0. The number of alkyl halides is 1. The highest BCUT2D eigenvalue weighted by molar-refractivity contribution is 14.1. The number of halogens is 1. The molecular formula is C13H24INO2. The van der Waals surface area contributed by atoms with Gasteiger partial charge in [0.25, 0.3) is 0 Å². The van der Waals surface area contributed by atoms with E-state index in [4.69, 9.17) is 4.74 Å². The average Bonchev–Trinajstić information content (AvgIpc) is 2.24. The smallest absolute Gasteiger partial charge is 0.410 e. The third-order valence-corrected chi connectivity index (χ3v) is 3.69. The number of piperidine rings is 1. The summed E-state index contributed by atoms with van der Waals surface area (Å²) < 4.78 is 6.64. The fourth-order valence-corrected chi connectivity index (χ4v) is 2.61. The maximum Gasteiger partial charge on any atom is 0.410 e. The molecule has 1 rings (SSSR count). The predicted octanol–water partition coefficient (Wildman–Crippen LogP) is 3.99. The van der Waals surface area contributed by atoms with E-state index in [2.05, 4.69) is 22.6 Å². The van der Waals surface area contributed by atoms with E-state index in [1.165, 1.54) is 12.8 Å².